The Labute approximate surface area is 162 Å². The summed E-state index contributed by atoms with van der Waals surface area (Å²) in [5.74, 6) is -0.195. The molecule has 1 aliphatic heterocycles. The van der Waals surface area contributed by atoms with Gasteiger partial charge in [0.1, 0.15) is 6.54 Å². The normalized spacial score (nSPS) is 18.6. The smallest absolute Gasteiger partial charge is 0.332 e. The van der Waals surface area contributed by atoms with Gasteiger partial charge < -0.3 is 9.47 Å². The Balaban J connectivity index is 1.94. The van der Waals surface area contributed by atoms with Gasteiger partial charge in [0.25, 0.3) is 5.56 Å². The van der Waals surface area contributed by atoms with E-state index in [-0.39, 0.29) is 41.2 Å². The van der Waals surface area contributed by atoms with E-state index in [1.807, 2.05) is 6.92 Å². The van der Waals surface area contributed by atoms with Gasteiger partial charge in [0, 0.05) is 26.7 Å². The van der Waals surface area contributed by atoms with E-state index in [9.17, 15) is 22.8 Å². The zero-order valence-corrected chi connectivity index (χ0v) is 17.1. The van der Waals surface area contributed by atoms with Crippen LogP contribution in [0.1, 0.15) is 26.2 Å². The van der Waals surface area contributed by atoms with E-state index in [0.29, 0.717) is 13.0 Å². The molecule has 1 aliphatic rings. The van der Waals surface area contributed by atoms with Gasteiger partial charge in [-0.05, 0) is 12.8 Å². The molecule has 0 bridgehead atoms. The Bertz CT molecular complexity index is 1130. The molecular formula is C17H25N5O5S. The number of carbonyl (C=O) groups excluding carboxylic acids is 1. The molecular weight excluding hydrogens is 386 g/mol. The maximum atomic E-state index is 13.0. The number of rotatable bonds is 6. The summed E-state index contributed by atoms with van der Waals surface area (Å²) in [4.78, 5) is 43.3. The minimum atomic E-state index is -3.12. The van der Waals surface area contributed by atoms with Crippen LogP contribution in [0.3, 0.4) is 0 Å². The van der Waals surface area contributed by atoms with Crippen molar-refractivity contribution in [2.75, 3.05) is 18.1 Å². The summed E-state index contributed by atoms with van der Waals surface area (Å²) in [6.07, 6.45) is 3.44. The topological polar surface area (TPSA) is 116 Å². The lowest BCUT2D eigenvalue weighted by Crippen LogP contribution is -2.43. The monoisotopic (exact) mass is 411 g/mol. The first-order valence-electron chi connectivity index (χ1n) is 9.27. The fourth-order valence-corrected chi connectivity index (χ4v) is 5.34. The van der Waals surface area contributed by atoms with E-state index in [2.05, 4.69) is 4.98 Å². The minimum absolute atomic E-state index is 0.0244. The maximum absolute atomic E-state index is 13.0. The zero-order valence-electron chi connectivity index (χ0n) is 16.3. The molecule has 2 aromatic heterocycles. The average Bonchev–Trinajstić information content (AvgIpc) is 3.22. The highest BCUT2D eigenvalue weighted by Crippen LogP contribution is 2.19. The van der Waals surface area contributed by atoms with Crippen LogP contribution in [0, 0.1) is 0 Å². The van der Waals surface area contributed by atoms with Gasteiger partial charge in [-0.1, -0.05) is 13.3 Å². The highest BCUT2D eigenvalue weighted by atomic mass is 32.2. The number of fused-ring (bicyclic) bond motifs is 1. The van der Waals surface area contributed by atoms with Crippen molar-refractivity contribution in [2.24, 2.45) is 14.1 Å². The van der Waals surface area contributed by atoms with Gasteiger partial charge in [0.2, 0.25) is 5.91 Å². The lowest BCUT2D eigenvalue weighted by atomic mass is 10.2. The standard InChI is InChI=1S/C17H25N5O5S/c1-4-5-7-22(12-6-8-28(26,27)10-12)13(23)9-21-11-18-15-14(21)16(24)20(3)17(25)19(15)2/h11-12H,4-10H2,1-3H3. The van der Waals surface area contributed by atoms with E-state index in [1.165, 1.54) is 29.6 Å². The van der Waals surface area contributed by atoms with Crippen molar-refractivity contribution in [1.29, 1.82) is 0 Å². The second kappa shape index (κ2) is 7.53. The first kappa shape index (κ1) is 20.3. The summed E-state index contributed by atoms with van der Waals surface area (Å²) in [6, 6.07) is -0.342. The number of hydrogen-bond donors (Lipinski definition) is 0. The van der Waals surface area contributed by atoms with Crippen LogP contribution >= 0.6 is 0 Å². The molecule has 2 aromatic rings. The van der Waals surface area contributed by atoms with Crippen molar-refractivity contribution < 1.29 is 13.2 Å². The summed E-state index contributed by atoms with van der Waals surface area (Å²) in [7, 11) is -0.234. The van der Waals surface area contributed by atoms with Crippen molar-refractivity contribution in [1.82, 2.24) is 23.6 Å². The third-order valence-corrected chi connectivity index (χ3v) is 7.00. The molecule has 3 heterocycles. The third-order valence-electron chi connectivity index (χ3n) is 5.24. The molecule has 154 valence electrons. The number of carbonyl (C=O) groups is 1. The van der Waals surface area contributed by atoms with Gasteiger partial charge >= 0.3 is 5.69 Å². The number of nitrogens with zero attached hydrogens (tertiary/aromatic N) is 5. The zero-order chi connectivity index (χ0) is 20.6. The van der Waals surface area contributed by atoms with Crippen molar-refractivity contribution in [3.8, 4) is 0 Å². The predicted molar refractivity (Wildman–Crippen MR) is 104 cm³/mol. The molecule has 28 heavy (non-hydrogen) atoms. The Morgan fingerprint density at radius 3 is 2.61 bits per heavy atom. The Hall–Kier alpha value is -2.43. The van der Waals surface area contributed by atoms with Crippen molar-refractivity contribution in [2.45, 2.75) is 38.8 Å². The van der Waals surface area contributed by atoms with Crippen LogP contribution in [0.25, 0.3) is 11.2 Å². The largest absolute Gasteiger partial charge is 0.337 e. The number of aryl methyl sites for hydroxylation is 1. The van der Waals surface area contributed by atoms with Crippen LogP contribution in [-0.2, 0) is 35.3 Å². The second-order valence-electron chi connectivity index (χ2n) is 7.25. The molecule has 11 heteroatoms. The number of amides is 1. The molecule has 1 saturated heterocycles. The number of aromatic nitrogens is 4. The molecule has 0 aliphatic carbocycles. The molecule has 1 atom stereocenters. The molecule has 1 amide bonds. The number of hydrogen-bond acceptors (Lipinski definition) is 6. The molecule has 0 saturated carbocycles. The Morgan fingerprint density at radius 2 is 2.00 bits per heavy atom. The van der Waals surface area contributed by atoms with E-state index in [0.717, 1.165) is 17.4 Å². The van der Waals surface area contributed by atoms with Crippen LogP contribution < -0.4 is 11.2 Å². The van der Waals surface area contributed by atoms with Crippen molar-refractivity contribution in [3.05, 3.63) is 27.2 Å². The maximum Gasteiger partial charge on any atom is 0.332 e. The van der Waals surface area contributed by atoms with Crippen LogP contribution in [-0.4, -0.2) is 62.0 Å². The molecule has 0 spiro atoms. The quantitative estimate of drug-likeness (QED) is 0.617. The third kappa shape index (κ3) is 3.62. The second-order valence-corrected chi connectivity index (χ2v) is 9.48. The summed E-state index contributed by atoms with van der Waals surface area (Å²) in [5, 5.41) is 0. The van der Waals surface area contributed by atoms with Gasteiger partial charge in [-0.3, -0.25) is 18.7 Å². The van der Waals surface area contributed by atoms with E-state index in [1.54, 1.807) is 4.90 Å². The van der Waals surface area contributed by atoms with Crippen LogP contribution in [0.5, 0.6) is 0 Å². The van der Waals surface area contributed by atoms with Crippen LogP contribution in [0.4, 0.5) is 0 Å². The number of sulfone groups is 1. The summed E-state index contributed by atoms with van der Waals surface area (Å²) >= 11 is 0. The van der Waals surface area contributed by atoms with Crippen LogP contribution in [0.15, 0.2) is 15.9 Å². The molecule has 10 nitrogen and oxygen atoms in total. The average molecular weight is 411 g/mol. The van der Waals surface area contributed by atoms with Crippen LogP contribution in [0.2, 0.25) is 0 Å². The molecule has 0 aromatic carbocycles. The summed E-state index contributed by atoms with van der Waals surface area (Å²) in [6.45, 7) is 2.34. The fraction of sp³-hybridized carbons (Fsp3) is 0.647. The summed E-state index contributed by atoms with van der Waals surface area (Å²) in [5.41, 5.74) is -0.626. The minimum Gasteiger partial charge on any atom is -0.337 e. The first-order chi connectivity index (χ1) is 13.2. The molecule has 0 radical (unpaired) electrons. The number of imidazole rings is 1. The molecule has 3 rings (SSSR count). The highest BCUT2D eigenvalue weighted by molar-refractivity contribution is 7.91. The number of unbranched alkanes of at least 4 members (excludes halogenated alkanes) is 1. The van der Waals surface area contributed by atoms with Gasteiger partial charge in [-0.15, -0.1) is 0 Å². The molecule has 1 fully saturated rings. The highest BCUT2D eigenvalue weighted by Gasteiger charge is 2.34. The van der Waals surface area contributed by atoms with E-state index >= 15 is 0 Å². The molecule has 1 unspecified atom stereocenters. The predicted octanol–water partition coefficient (Wildman–Crippen LogP) is -0.750. The lowest BCUT2D eigenvalue weighted by molar-refractivity contribution is -0.133. The SMILES string of the molecule is CCCCN(C(=O)Cn1cnc2c1c(=O)n(C)c(=O)n2C)C1CCS(=O)(=O)C1. The van der Waals surface area contributed by atoms with Gasteiger partial charge in [-0.25, -0.2) is 18.2 Å². The van der Waals surface area contributed by atoms with Gasteiger partial charge in [0.15, 0.2) is 21.0 Å². The Kier molecular flexibility index (Phi) is 5.46. The summed E-state index contributed by atoms with van der Waals surface area (Å²) < 4.78 is 27.4. The van der Waals surface area contributed by atoms with Crippen molar-refractivity contribution in [3.63, 3.8) is 0 Å². The van der Waals surface area contributed by atoms with Crippen molar-refractivity contribution >= 4 is 26.9 Å². The molecule has 0 N–H and O–H groups in total. The fourth-order valence-electron chi connectivity index (χ4n) is 3.61. The van der Waals surface area contributed by atoms with E-state index in [4.69, 9.17) is 0 Å². The Morgan fingerprint density at radius 1 is 1.29 bits per heavy atom. The van der Waals surface area contributed by atoms with E-state index < -0.39 is 21.1 Å². The first-order valence-corrected chi connectivity index (χ1v) is 11.1. The lowest BCUT2D eigenvalue weighted by Gasteiger charge is -2.28. The van der Waals surface area contributed by atoms with Gasteiger partial charge in [0.05, 0.1) is 17.8 Å². The van der Waals surface area contributed by atoms with Gasteiger partial charge in [-0.2, -0.15) is 0 Å².